The van der Waals surface area contributed by atoms with E-state index in [0.29, 0.717) is 19.3 Å². The fourth-order valence-electron chi connectivity index (χ4n) is 9.04. The second-order valence-corrected chi connectivity index (χ2v) is 22.0. The quantitative estimate of drug-likeness (QED) is 0.0261. The van der Waals surface area contributed by atoms with E-state index in [-0.39, 0.29) is 31.1 Å². The fourth-order valence-corrected chi connectivity index (χ4v) is 9.04. The predicted octanol–water partition coefficient (Wildman–Crippen LogP) is 23.5. The fraction of sp³-hybridized carbons (Fsp3) is 0.645. The molecule has 6 nitrogen and oxygen atoms in total. The van der Waals surface area contributed by atoms with E-state index in [1.165, 1.54) is 103 Å². The summed E-state index contributed by atoms with van der Waals surface area (Å²) in [6, 6.07) is 0. The number of carbonyl (C=O) groups is 3. The standard InChI is InChI=1S/C76H124O6/c1-4-7-10-13-16-19-22-25-28-30-32-34-35-36-37-38-39-40-41-43-44-46-48-51-54-57-60-63-66-69-75(78)81-72-73(71-80-74(77)68-65-62-59-56-53-50-27-24-21-18-15-12-9-6-3)82-76(79)70-67-64-61-58-55-52-49-47-45-42-33-31-29-26-23-20-17-14-11-8-5-2/h7-8,10-11,15-20,24-29,32-34,36-37,39-40,42,73H,4-6,9,12-14,21-23,30-31,35,38,41,43-72H2,1-3H3/b10-7-,11-8-,18-15-,19-16-,20-17-,27-24-,28-25-,29-26-,34-32-,37-36-,40-39-,42-33-. The van der Waals surface area contributed by atoms with Gasteiger partial charge in [0.2, 0.25) is 0 Å². The summed E-state index contributed by atoms with van der Waals surface area (Å²) >= 11 is 0. The number of esters is 3. The zero-order valence-electron chi connectivity index (χ0n) is 53.2. The Morgan fingerprint density at radius 1 is 0.256 bits per heavy atom. The summed E-state index contributed by atoms with van der Waals surface area (Å²) in [4.78, 5) is 38.4. The zero-order chi connectivity index (χ0) is 59.2. The first-order valence-corrected chi connectivity index (χ1v) is 33.8. The Hall–Kier alpha value is -4.71. The van der Waals surface area contributed by atoms with Gasteiger partial charge in [-0.05, 0) is 135 Å². The summed E-state index contributed by atoms with van der Waals surface area (Å²) < 4.78 is 16.9. The molecule has 0 heterocycles. The van der Waals surface area contributed by atoms with Gasteiger partial charge in [0.15, 0.2) is 6.10 Å². The van der Waals surface area contributed by atoms with Gasteiger partial charge in [-0.25, -0.2) is 0 Å². The lowest BCUT2D eigenvalue weighted by atomic mass is 10.1. The van der Waals surface area contributed by atoms with Gasteiger partial charge in [-0.3, -0.25) is 14.4 Å². The summed E-state index contributed by atoms with van der Waals surface area (Å²) in [7, 11) is 0. The Kier molecular flexibility index (Phi) is 64.8. The molecule has 0 fully saturated rings. The molecule has 0 aromatic carbocycles. The van der Waals surface area contributed by atoms with E-state index in [2.05, 4.69) is 167 Å². The Bertz CT molecular complexity index is 1780. The Morgan fingerprint density at radius 3 is 0.744 bits per heavy atom. The molecule has 0 aliphatic heterocycles. The van der Waals surface area contributed by atoms with E-state index in [1.807, 2.05) is 0 Å². The molecule has 0 bridgehead atoms. The molecule has 82 heavy (non-hydrogen) atoms. The number of hydrogen-bond acceptors (Lipinski definition) is 6. The van der Waals surface area contributed by atoms with E-state index >= 15 is 0 Å². The van der Waals surface area contributed by atoms with Crippen LogP contribution in [0.1, 0.15) is 297 Å². The molecular formula is C76H124O6. The van der Waals surface area contributed by atoms with Crippen molar-refractivity contribution in [1.82, 2.24) is 0 Å². The highest BCUT2D eigenvalue weighted by atomic mass is 16.6. The lowest BCUT2D eigenvalue weighted by molar-refractivity contribution is -0.167. The van der Waals surface area contributed by atoms with Crippen LogP contribution in [0.5, 0.6) is 0 Å². The summed E-state index contributed by atoms with van der Waals surface area (Å²) in [6.45, 7) is 6.36. The van der Waals surface area contributed by atoms with Crippen molar-refractivity contribution in [2.45, 2.75) is 303 Å². The number of ether oxygens (including phenoxy) is 3. The lowest BCUT2D eigenvalue weighted by Crippen LogP contribution is -2.30. The Balaban J connectivity index is 4.36. The monoisotopic (exact) mass is 1130 g/mol. The van der Waals surface area contributed by atoms with E-state index in [9.17, 15) is 14.4 Å². The molecule has 0 aliphatic rings. The Labute approximate surface area is 506 Å². The van der Waals surface area contributed by atoms with Gasteiger partial charge in [-0.2, -0.15) is 0 Å². The average Bonchev–Trinajstić information content (AvgIpc) is 3.47. The first-order chi connectivity index (χ1) is 40.5. The number of allylic oxidation sites excluding steroid dienone is 24. The smallest absolute Gasteiger partial charge is 0.306 e. The highest BCUT2D eigenvalue weighted by molar-refractivity contribution is 5.71. The van der Waals surface area contributed by atoms with Crippen molar-refractivity contribution >= 4 is 17.9 Å². The van der Waals surface area contributed by atoms with Crippen LogP contribution in [0.4, 0.5) is 0 Å². The van der Waals surface area contributed by atoms with Gasteiger partial charge in [-0.1, -0.05) is 289 Å². The molecule has 0 rings (SSSR count). The molecule has 0 saturated heterocycles. The molecule has 0 aliphatic carbocycles. The largest absolute Gasteiger partial charge is 0.462 e. The van der Waals surface area contributed by atoms with Crippen molar-refractivity contribution in [2.24, 2.45) is 0 Å². The van der Waals surface area contributed by atoms with Crippen LogP contribution in [0.25, 0.3) is 0 Å². The first kappa shape index (κ1) is 77.3. The highest BCUT2D eigenvalue weighted by Crippen LogP contribution is 2.16. The maximum atomic E-state index is 12.9. The number of rotatable bonds is 60. The second kappa shape index (κ2) is 68.8. The van der Waals surface area contributed by atoms with E-state index in [1.54, 1.807) is 0 Å². The van der Waals surface area contributed by atoms with Gasteiger partial charge in [0.1, 0.15) is 13.2 Å². The van der Waals surface area contributed by atoms with Crippen molar-refractivity contribution in [3.8, 4) is 0 Å². The van der Waals surface area contributed by atoms with Gasteiger partial charge in [0.05, 0.1) is 0 Å². The molecule has 0 saturated carbocycles. The van der Waals surface area contributed by atoms with E-state index in [4.69, 9.17) is 14.2 Å². The van der Waals surface area contributed by atoms with Crippen molar-refractivity contribution in [2.75, 3.05) is 13.2 Å². The van der Waals surface area contributed by atoms with Gasteiger partial charge >= 0.3 is 17.9 Å². The molecule has 464 valence electrons. The summed E-state index contributed by atoms with van der Waals surface area (Å²) in [5.74, 6) is -0.915. The zero-order valence-corrected chi connectivity index (χ0v) is 53.2. The minimum atomic E-state index is -0.798. The van der Waals surface area contributed by atoms with Crippen LogP contribution in [-0.2, 0) is 28.6 Å². The van der Waals surface area contributed by atoms with Crippen molar-refractivity contribution in [3.05, 3.63) is 146 Å². The van der Waals surface area contributed by atoms with Crippen LogP contribution in [0.3, 0.4) is 0 Å². The molecule has 0 aromatic rings. The van der Waals surface area contributed by atoms with Gasteiger partial charge in [-0.15, -0.1) is 0 Å². The topological polar surface area (TPSA) is 78.9 Å². The third-order valence-corrected chi connectivity index (χ3v) is 14.1. The molecule has 0 amide bonds. The molecule has 0 N–H and O–H groups in total. The van der Waals surface area contributed by atoms with Gasteiger partial charge in [0, 0.05) is 19.3 Å². The minimum Gasteiger partial charge on any atom is -0.462 e. The van der Waals surface area contributed by atoms with Crippen LogP contribution in [0, 0.1) is 0 Å². The lowest BCUT2D eigenvalue weighted by Gasteiger charge is -2.18. The van der Waals surface area contributed by atoms with Gasteiger partial charge in [0.25, 0.3) is 0 Å². The molecule has 1 atom stereocenters. The summed E-state index contributed by atoms with van der Waals surface area (Å²) in [6.07, 6.45) is 98.5. The predicted molar refractivity (Wildman–Crippen MR) is 357 cm³/mol. The van der Waals surface area contributed by atoms with E-state index < -0.39 is 6.10 Å². The van der Waals surface area contributed by atoms with Crippen LogP contribution >= 0.6 is 0 Å². The van der Waals surface area contributed by atoms with Crippen LogP contribution in [0.15, 0.2) is 146 Å². The molecule has 0 radical (unpaired) electrons. The Morgan fingerprint density at radius 2 is 0.476 bits per heavy atom. The SMILES string of the molecule is CC/C=C\C/C=C\C/C=C\C/C=C\C/C=C\C/C=C\CCCCCCCCCCCCC(=O)OCC(COC(=O)CCCCCCC/C=C\C/C=C\CCCC)OC(=O)CCCCCCCCCC/C=C\C/C=C\C/C=C\C/C=C\CC. The van der Waals surface area contributed by atoms with Crippen molar-refractivity contribution in [1.29, 1.82) is 0 Å². The van der Waals surface area contributed by atoms with Crippen LogP contribution < -0.4 is 0 Å². The van der Waals surface area contributed by atoms with Crippen LogP contribution in [0.2, 0.25) is 0 Å². The third-order valence-electron chi connectivity index (χ3n) is 14.1. The summed E-state index contributed by atoms with van der Waals surface area (Å²) in [5.41, 5.74) is 0. The molecule has 1 unspecified atom stereocenters. The average molecular weight is 1130 g/mol. The van der Waals surface area contributed by atoms with E-state index in [0.717, 1.165) is 154 Å². The van der Waals surface area contributed by atoms with Crippen molar-refractivity contribution in [3.63, 3.8) is 0 Å². The van der Waals surface area contributed by atoms with Gasteiger partial charge < -0.3 is 14.2 Å². The number of unbranched alkanes of at least 4 members (excludes halogenated alkanes) is 25. The number of carbonyl (C=O) groups excluding carboxylic acids is 3. The molecular weight excluding hydrogens is 1010 g/mol. The summed E-state index contributed by atoms with van der Waals surface area (Å²) in [5, 5.41) is 0. The normalized spacial score (nSPS) is 13.1. The second-order valence-electron chi connectivity index (χ2n) is 22.0. The maximum absolute atomic E-state index is 12.9. The molecule has 0 aromatic heterocycles. The minimum absolute atomic E-state index is 0.0921. The number of hydrogen-bond donors (Lipinski definition) is 0. The molecule has 6 heteroatoms. The molecule has 0 spiro atoms. The van der Waals surface area contributed by atoms with Crippen LogP contribution in [-0.4, -0.2) is 37.2 Å². The first-order valence-electron chi connectivity index (χ1n) is 33.8. The van der Waals surface area contributed by atoms with Crippen molar-refractivity contribution < 1.29 is 28.6 Å². The third kappa shape index (κ3) is 66.1. The highest BCUT2D eigenvalue weighted by Gasteiger charge is 2.19. The maximum Gasteiger partial charge on any atom is 0.306 e.